The summed E-state index contributed by atoms with van der Waals surface area (Å²) in [6.07, 6.45) is 3.06. The SMILES string of the molecule is O=C(/C=C/Nc1ccc(O)cc1)c1ccccc1. The number of nitrogens with one attached hydrogen (secondary N) is 1. The summed E-state index contributed by atoms with van der Waals surface area (Å²) in [4.78, 5) is 11.7. The highest BCUT2D eigenvalue weighted by atomic mass is 16.3. The van der Waals surface area contributed by atoms with E-state index in [9.17, 15) is 4.79 Å². The van der Waals surface area contributed by atoms with Crippen LogP contribution in [0.25, 0.3) is 0 Å². The summed E-state index contributed by atoms with van der Waals surface area (Å²) >= 11 is 0. The van der Waals surface area contributed by atoms with Crippen molar-refractivity contribution in [2.24, 2.45) is 0 Å². The summed E-state index contributed by atoms with van der Waals surface area (Å²) in [5.74, 6) is 0.159. The van der Waals surface area contributed by atoms with Crippen LogP contribution < -0.4 is 5.32 Å². The van der Waals surface area contributed by atoms with E-state index in [0.29, 0.717) is 5.56 Å². The third kappa shape index (κ3) is 3.22. The third-order valence-corrected chi connectivity index (χ3v) is 2.41. The minimum atomic E-state index is -0.0538. The largest absolute Gasteiger partial charge is 0.508 e. The monoisotopic (exact) mass is 239 g/mol. The fourth-order valence-corrected chi connectivity index (χ4v) is 1.47. The van der Waals surface area contributed by atoms with Crippen LogP contribution >= 0.6 is 0 Å². The Hall–Kier alpha value is -2.55. The Morgan fingerprint density at radius 2 is 1.67 bits per heavy atom. The standard InChI is InChI=1S/C15H13NO2/c17-14-8-6-13(7-9-14)16-11-10-15(18)12-4-2-1-3-5-12/h1-11,16-17H/b11-10+. The number of phenolic OH excluding ortho intramolecular Hbond substituents is 1. The van der Waals surface area contributed by atoms with Gasteiger partial charge in [0.1, 0.15) is 5.75 Å². The van der Waals surface area contributed by atoms with Crippen molar-refractivity contribution >= 4 is 11.5 Å². The maximum atomic E-state index is 11.7. The smallest absolute Gasteiger partial charge is 0.187 e. The molecule has 0 saturated carbocycles. The van der Waals surface area contributed by atoms with E-state index in [4.69, 9.17) is 5.11 Å². The van der Waals surface area contributed by atoms with Gasteiger partial charge in [0, 0.05) is 23.5 Å². The van der Waals surface area contributed by atoms with E-state index in [0.717, 1.165) is 5.69 Å². The molecule has 3 nitrogen and oxygen atoms in total. The zero-order chi connectivity index (χ0) is 12.8. The van der Waals surface area contributed by atoms with Crippen LogP contribution in [0.5, 0.6) is 5.75 Å². The average molecular weight is 239 g/mol. The molecule has 2 aromatic carbocycles. The maximum Gasteiger partial charge on any atom is 0.187 e. The molecule has 90 valence electrons. The average Bonchev–Trinajstić information content (AvgIpc) is 2.42. The number of aromatic hydroxyl groups is 1. The van der Waals surface area contributed by atoms with E-state index < -0.39 is 0 Å². The van der Waals surface area contributed by atoms with E-state index in [1.807, 2.05) is 18.2 Å². The van der Waals surface area contributed by atoms with Crippen molar-refractivity contribution in [3.8, 4) is 5.75 Å². The summed E-state index contributed by atoms with van der Waals surface area (Å²) in [6.45, 7) is 0. The van der Waals surface area contributed by atoms with Gasteiger partial charge in [-0.05, 0) is 24.3 Å². The lowest BCUT2D eigenvalue weighted by atomic mass is 10.1. The number of hydrogen-bond donors (Lipinski definition) is 2. The number of carbonyl (C=O) groups excluding carboxylic acids is 1. The van der Waals surface area contributed by atoms with Gasteiger partial charge in [-0.1, -0.05) is 30.3 Å². The highest BCUT2D eigenvalue weighted by molar-refractivity contribution is 6.04. The Balaban J connectivity index is 1.96. The van der Waals surface area contributed by atoms with E-state index in [1.54, 1.807) is 42.6 Å². The highest BCUT2D eigenvalue weighted by Crippen LogP contribution is 2.13. The topological polar surface area (TPSA) is 49.3 Å². The van der Waals surface area contributed by atoms with Crippen molar-refractivity contribution in [3.05, 3.63) is 72.4 Å². The molecule has 0 aliphatic heterocycles. The summed E-state index contributed by atoms with van der Waals surface area (Å²) in [6, 6.07) is 15.7. The summed E-state index contributed by atoms with van der Waals surface area (Å²) in [5.41, 5.74) is 1.46. The third-order valence-electron chi connectivity index (χ3n) is 2.41. The number of carbonyl (C=O) groups is 1. The molecule has 0 fully saturated rings. The van der Waals surface area contributed by atoms with E-state index in [-0.39, 0.29) is 11.5 Å². The van der Waals surface area contributed by atoms with Gasteiger partial charge < -0.3 is 10.4 Å². The van der Waals surface area contributed by atoms with E-state index in [1.165, 1.54) is 6.08 Å². The minimum absolute atomic E-state index is 0.0538. The van der Waals surface area contributed by atoms with Gasteiger partial charge >= 0.3 is 0 Å². The molecular weight excluding hydrogens is 226 g/mol. The molecule has 2 N–H and O–H groups in total. The van der Waals surface area contributed by atoms with Crippen molar-refractivity contribution in [3.63, 3.8) is 0 Å². The van der Waals surface area contributed by atoms with Crippen molar-refractivity contribution in [2.75, 3.05) is 5.32 Å². The fraction of sp³-hybridized carbons (Fsp3) is 0. The first-order chi connectivity index (χ1) is 8.75. The van der Waals surface area contributed by atoms with E-state index in [2.05, 4.69) is 5.32 Å². The van der Waals surface area contributed by atoms with Gasteiger partial charge in [-0.2, -0.15) is 0 Å². The van der Waals surface area contributed by atoms with Gasteiger partial charge in [0.15, 0.2) is 5.78 Å². The van der Waals surface area contributed by atoms with E-state index >= 15 is 0 Å². The Morgan fingerprint density at radius 1 is 1.00 bits per heavy atom. The molecule has 2 rings (SSSR count). The number of phenols is 1. The number of ketones is 1. The molecule has 0 spiro atoms. The van der Waals surface area contributed by atoms with Crippen LogP contribution in [0.3, 0.4) is 0 Å². The van der Waals surface area contributed by atoms with Gasteiger partial charge in [-0.15, -0.1) is 0 Å². The highest BCUT2D eigenvalue weighted by Gasteiger charge is 1.98. The van der Waals surface area contributed by atoms with Crippen LogP contribution in [0.1, 0.15) is 10.4 Å². The lowest BCUT2D eigenvalue weighted by Gasteiger charge is -2.00. The van der Waals surface area contributed by atoms with Gasteiger partial charge in [-0.25, -0.2) is 0 Å². The number of benzene rings is 2. The lowest BCUT2D eigenvalue weighted by Crippen LogP contribution is -1.95. The summed E-state index contributed by atoms with van der Waals surface area (Å²) < 4.78 is 0. The second kappa shape index (κ2) is 5.68. The number of anilines is 1. The Labute approximate surface area is 105 Å². The summed E-state index contributed by atoms with van der Waals surface area (Å²) in [5, 5.41) is 12.1. The molecule has 0 bridgehead atoms. The molecule has 0 atom stereocenters. The van der Waals surface area contributed by atoms with Gasteiger partial charge in [0.2, 0.25) is 0 Å². The normalized spacial score (nSPS) is 10.4. The molecule has 3 heteroatoms. The minimum Gasteiger partial charge on any atom is -0.508 e. The Morgan fingerprint density at radius 3 is 2.33 bits per heavy atom. The quantitative estimate of drug-likeness (QED) is 0.489. The number of allylic oxidation sites excluding steroid dienone is 1. The molecular formula is C15H13NO2. The first-order valence-corrected chi connectivity index (χ1v) is 5.57. The van der Waals surface area contributed by atoms with Gasteiger partial charge in [-0.3, -0.25) is 4.79 Å². The lowest BCUT2D eigenvalue weighted by molar-refractivity contribution is 0.104. The second-order valence-corrected chi connectivity index (χ2v) is 3.75. The van der Waals surface area contributed by atoms with Crippen molar-refractivity contribution in [1.82, 2.24) is 0 Å². The van der Waals surface area contributed by atoms with Crippen LogP contribution in [-0.2, 0) is 0 Å². The molecule has 0 aliphatic carbocycles. The van der Waals surface area contributed by atoms with Gasteiger partial charge in [0.05, 0.1) is 0 Å². The summed E-state index contributed by atoms with van der Waals surface area (Å²) in [7, 11) is 0. The van der Waals surface area contributed by atoms with Crippen LogP contribution in [0.15, 0.2) is 66.9 Å². The zero-order valence-electron chi connectivity index (χ0n) is 9.71. The molecule has 0 amide bonds. The van der Waals surface area contributed by atoms with Crippen LogP contribution in [0.4, 0.5) is 5.69 Å². The fourth-order valence-electron chi connectivity index (χ4n) is 1.47. The van der Waals surface area contributed by atoms with Crippen molar-refractivity contribution in [2.45, 2.75) is 0 Å². The Kier molecular flexibility index (Phi) is 3.76. The molecule has 0 radical (unpaired) electrons. The molecule has 0 heterocycles. The van der Waals surface area contributed by atoms with Gasteiger partial charge in [0.25, 0.3) is 0 Å². The van der Waals surface area contributed by atoms with Crippen molar-refractivity contribution < 1.29 is 9.90 Å². The molecule has 0 aliphatic rings. The molecule has 2 aromatic rings. The molecule has 0 aromatic heterocycles. The maximum absolute atomic E-state index is 11.7. The zero-order valence-corrected chi connectivity index (χ0v) is 9.71. The molecule has 0 saturated heterocycles. The first-order valence-electron chi connectivity index (χ1n) is 5.57. The number of hydrogen-bond acceptors (Lipinski definition) is 3. The molecule has 0 unspecified atom stereocenters. The van der Waals surface area contributed by atoms with Crippen molar-refractivity contribution in [1.29, 1.82) is 0 Å². The molecule has 18 heavy (non-hydrogen) atoms. The predicted molar refractivity (Wildman–Crippen MR) is 71.6 cm³/mol. The van der Waals surface area contributed by atoms with Crippen LogP contribution in [-0.4, -0.2) is 10.9 Å². The Bertz CT molecular complexity index is 544. The van der Waals surface area contributed by atoms with Crippen LogP contribution in [0.2, 0.25) is 0 Å². The predicted octanol–water partition coefficient (Wildman–Crippen LogP) is 3.20. The first kappa shape index (κ1) is 11.9. The second-order valence-electron chi connectivity index (χ2n) is 3.75. The number of rotatable bonds is 4. The van der Waals surface area contributed by atoms with Crippen LogP contribution in [0, 0.1) is 0 Å².